The fourth-order valence-corrected chi connectivity index (χ4v) is 5.43. The molecule has 3 aromatic rings. The van der Waals surface area contributed by atoms with Gasteiger partial charge >= 0.3 is 6.03 Å². The van der Waals surface area contributed by atoms with Crippen molar-refractivity contribution in [2.75, 3.05) is 31.6 Å². The van der Waals surface area contributed by atoms with Gasteiger partial charge in [-0.3, -0.25) is 4.79 Å². The smallest absolute Gasteiger partial charge is 0.322 e. The molecule has 1 aliphatic rings. The van der Waals surface area contributed by atoms with Crippen molar-refractivity contribution < 1.29 is 14.3 Å². The maximum absolute atomic E-state index is 13.7. The van der Waals surface area contributed by atoms with Crippen molar-refractivity contribution in [2.45, 2.75) is 32.7 Å². The molecule has 0 aliphatic carbocycles. The first-order valence-electron chi connectivity index (χ1n) is 12.3. The van der Waals surface area contributed by atoms with Crippen molar-refractivity contribution in [3.63, 3.8) is 0 Å². The molecule has 2 heterocycles. The molecule has 2 aromatic carbocycles. The number of para-hydroxylation sites is 1. The number of hydrogen-bond acceptors (Lipinski definition) is 4. The minimum absolute atomic E-state index is 0.00194. The van der Waals surface area contributed by atoms with Gasteiger partial charge in [0.25, 0.3) is 0 Å². The number of nitrogens with one attached hydrogen (secondary N) is 1. The Morgan fingerprint density at radius 2 is 2.00 bits per heavy atom. The minimum Gasteiger partial charge on any atom is -0.491 e. The molecule has 0 unspecified atom stereocenters. The summed E-state index contributed by atoms with van der Waals surface area (Å²) in [6.07, 6.45) is 1.71. The Morgan fingerprint density at radius 3 is 2.75 bits per heavy atom. The Kier molecular flexibility index (Phi) is 8.88. The van der Waals surface area contributed by atoms with Crippen molar-refractivity contribution in [1.29, 1.82) is 0 Å². The van der Waals surface area contributed by atoms with Crippen LogP contribution in [0.5, 0.6) is 5.75 Å². The number of urea groups is 1. The van der Waals surface area contributed by atoms with E-state index < -0.39 is 0 Å². The van der Waals surface area contributed by atoms with E-state index >= 15 is 0 Å². The van der Waals surface area contributed by atoms with Gasteiger partial charge in [-0.15, -0.1) is 11.3 Å². The van der Waals surface area contributed by atoms with Crippen LogP contribution in [-0.2, 0) is 11.2 Å². The van der Waals surface area contributed by atoms with Crippen LogP contribution in [-0.4, -0.2) is 48.0 Å². The molecule has 6 nitrogen and oxygen atoms in total. The molecule has 0 bridgehead atoms. The van der Waals surface area contributed by atoms with E-state index in [1.54, 1.807) is 40.5 Å². The van der Waals surface area contributed by atoms with Crippen LogP contribution in [0.15, 0.2) is 66.0 Å². The van der Waals surface area contributed by atoms with E-state index in [1.165, 1.54) is 4.88 Å². The van der Waals surface area contributed by atoms with Crippen LogP contribution in [0, 0.1) is 5.92 Å². The van der Waals surface area contributed by atoms with Crippen LogP contribution in [0.4, 0.5) is 10.5 Å². The van der Waals surface area contributed by atoms with E-state index in [2.05, 4.69) is 30.6 Å². The number of anilines is 1. The topological polar surface area (TPSA) is 61.9 Å². The highest BCUT2D eigenvalue weighted by Gasteiger charge is 2.33. The zero-order valence-corrected chi connectivity index (χ0v) is 22.2. The van der Waals surface area contributed by atoms with Crippen LogP contribution < -0.4 is 10.1 Å². The fourth-order valence-electron chi connectivity index (χ4n) is 4.31. The third-order valence-corrected chi connectivity index (χ3v) is 7.72. The van der Waals surface area contributed by atoms with Gasteiger partial charge in [-0.25, -0.2) is 4.79 Å². The fraction of sp³-hybridized carbons (Fsp3) is 0.357. The number of benzene rings is 2. The molecule has 36 heavy (non-hydrogen) atoms. The van der Waals surface area contributed by atoms with Crippen LogP contribution >= 0.6 is 22.9 Å². The lowest BCUT2D eigenvalue weighted by Gasteiger charge is -2.37. The zero-order chi connectivity index (χ0) is 25.5. The van der Waals surface area contributed by atoms with Crippen LogP contribution in [0.25, 0.3) is 0 Å². The lowest BCUT2D eigenvalue weighted by Crippen LogP contribution is -2.49. The van der Waals surface area contributed by atoms with Gasteiger partial charge in [0.05, 0.1) is 6.04 Å². The molecule has 0 fully saturated rings. The summed E-state index contributed by atoms with van der Waals surface area (Å²) in [5.41, 5.74) is 1.73. The molecule has 0 spiro atoms. The predicted molar refractivity (Wildman–Crippen MR) is 146 cm³/mol. The molecular weight excluding hydrogens is 494 g/mol. The lowest BCUT2D eigenvalue weighted by atomic mass is 10.00. The molecule has 1 aliphatic heterocycles. The third kappa shape index (κ3) is 6.59. The van der Waals surface area contributed by atoms with Gasteiger partial charge in [-0.05, 0) is 59.7 Å². The first-order valence-corrected chi connectivity index (χ1v) is 13.6. The van der Waals surface area contributed by atoms with E-state index in [0.717, 1.165) is 24.2 Å². The highest BCUT2D eigenvalue weighted by molar-refractivity contribution is 7.10. The van der Waals surface area contributed by atoms with Crippen LogP contribution in [0.1, 0.15) is 36.8 Å². The number of halogens is 1. The number of carbonyl (C=O) groups excluding carboxylic acids is 2. The summed E-state index contributed by atoms with van der Waals surface area (Å²) in [6.45, 7) is 5.61. The molecule has 1 N–H and O–H groups in total. The average Bonchev–Trinajstić information content (AvgIpc) is 3.36. The maximum Gasteiger partial charge on any atom is 0.322 e. The van der Waals surface area contributed by atoms with E-state index in [0.29, 0.717) is 30.4 Å². The van der Waals surface area contributed by atoms with Crippen molar-refractivity contribution in [3.8, 4) is 5.75 Å². The molecule has 1 aromatic heterocycles. The third-order valence-electron chi connectivity index (χ3n) is 6.48. The van der Waals surface area contributed by atoms with Gasteiger partial charge in [-0.2, -0.15) is 0 Å². The van der Waals surface area contributed by atoms with Crippen molar-refractivity contribution in [2.24, 2.45) is 5.92 Å². The first-order chi connectivity index (χ1) is 17.4. The van der Waals surface area contributed by atoms with E-state index in [-0.39, 0.29) is 30.4 Å². The maximum atomic E-state index is 13.7. The van der Waals surface area contributed by atoms with E-state index in [1.807, 2.05) is 35.2 Å². The van der Waals surface area contributed by atoms with Crippen molar-refractivity contribution in [3.05, 3.63) is 81.5 Å². The number of fused-ring (bicyclic) bond motifs is 1. The standard InChI is InChI=1S/C28H32ClN3O3S/c1-3-20(2)17-31(28(34)30-22-9-7-8-21(29)16-22)18-27(33)32-14-12-26-24(13-15-36-26)25(32)19-35-23-10-5-4-6-11-23/h4-11,13,15-16,20,25H,3,12,14,17-19H2,1-2H3,(H,30,34)/t20-,25-/m0/s1. The van der Waals surface area contributed by atoms with E-state index in [4.69, 9.17) is 16.3 Å². The molecule has 2 atom stereocenters. The molecule has 0 saturated carbocycles. The predicted octanol–water partition coefficient (Wildman–Crippen LogP) is 6.49. The SMILES string of the molecule is CC[C@H](C)CN(CC(=O)N1CCc2sccc2[C@@H]1COc1ccccc1)C(=O)Nc1cccc(Cl)c1. The van der Waals surface area contributed by atoms with Gasteiger partial charge < -0.3 is 19.9 Å². The number of hydrogen-bond donors (Lipinski definition) is 1. The van der Waals surface area contributed by atoms with Gasteiger partial charge in [0.2, 0.25) is 5.91 Å². The van der Waals surface area contributed by atoms with Crippen LogP contribution in [0.2, 0.25) is 5.02 Å². The highest BCUT2D eigenvalue weighted by Crippen LogP contribution is 2.34. The van der Waals surface area contributed by atoms with Gasteiger partial charge in [0, 0.05) is 28.7 Å². The molecule has 0 radical (unpaired) electrons. The summed E-state index contributed by atoms with van der Waals surface area (Å²) in [5, 5.41) is 5.51. The molecule has 8 heteroatoms. The Morgan fingerprint density at radius 1 is 1.19 bits per heavy atom. The zero-order valence-electron chi connectivity index (χ0n) is 20.7. The van der Waals surface area contributed by atoms with Gasteiger partial charge in [0.15, 0.2) is 0 Å². The van der Waals surface area contributed by atoms with Crippen molar-refractivity contribution in [1.82, 2.24) is 9.80 Å². The van der Waals surface area contributed by atoms with E-state index in [9.17, 15) is 9.59 Å². The van der Waals surface area contributed by atoms with Gasteiger partial charge in [0.1, 0.15) is 18.9 Å². The largest absolute Gasteiger partial charge is 0.491 e. The molecular formula is C28H32ClN3O3S. The lowest BCUT2D eigenvalue weighted by molar-refractivity contribution is -0.135. The van der Waals surface area contributed by atoms with Gasteiger partial charge in [-0.1, -0.05) is 56.1 Å². The summed E-state index contributed by atoms with van der Waals surface area (Å²) in [5.74, 6) is 0.939. The highest BCUT2D eigenvalue weighted by atomic mass is 35.5. The Hall–Kier alpha value is -3.03. The van der Waals surface area contributed by atoms with Crippen LogP contribution in [0.3, 0.4) is 0 Å². The number of amides is 3. The average molecular weight is 526 g/mol. The summed E-state index contributed by atoms with van der Waals surface area (Å²) < 4.78 is 6.08. The Labute approximate surface area is 221 Å². The number of carbonyl (C=O) groups is 2. The first kappa shape index (κ1) is 26.0. The Bertz CT molecular complexity index is 1170. The molecule has 4 rings (SSSR count). The number of thiophene rings is 1. The molecule has 3 amide bonds. The molecule has 190 valence electrons. The second-order valence-corrected chi connectivity index (χ2v) is 10.5. The normalized spacial score (nSPS) is 15.6. The second kappa shape index (κ2) is 12.3. The summed E-state index contributed by atoms with van der Waals surface area (Å²) in [7, 11) is 0. The van der Waals surface area contributed by atoms with Crippen molar-refractivity contribution >= 4 is 40.6 Å². The second-order valence-electron chi connectivity index (χ2n) is 9.11. The number of nitrogens with zero attached hydrogens (tertiary/aromatic N) is 2. The number of rotatable bonds is 9. The summed E-state index contributed by atoms with van der Waals surface area (Å²) >= 11 is 7.80. The minimum atomic E-state index is -0.309. The summed E-state index contributed by atoms with van der Waals surface area (Å²) in [6, 6.07) is 18.2. The number of ether oxygens (including phenoxy) is 1. The summed E-state index contributed by atoms with van der Waals surface area (Å²) in [4.78, 5) is 31.7. The Balaban J connectivity index is 1.50. The monoisotopic (exact) mass is 525 g/mol. The molecule has 0 saturated heterocycles. The quantitative estimate of drug-likeness (QED) is 0.347.